The van der Waals surface area contributed by atoms with Gasteiger partial charge in [0.25, 0.3) is 5.91 Å². The average Bonchev–Trinajstić information content (AvgIpc) is 2.84. The van der Waals surface area contributed by atoms with Crippen molar-refractivity contribution >= 4 is 34.8 Å². The Morgan fingerprint density at radius 3 is 2.74 bits per heavy atom. The molecule has 2 aromatic carbocycles. The number of amides is 1. The molecule has 1 heterocycles. The highest BCUT2D eigenvalue weighted by atomic mass is 35.5. The number of hydrogen-bond donors (Lipinski definition) is 3. The van der Waals surface area contributed by atoms with Crippen LogP contribution in [0.1, 0.15) is 22.3 Å². The summed E-state index contributed by atoms with van der Waals surface area (Å²) in [5.41, 5.74) is 3.94. The van der Waals surface area contributed by atoms with Gasteiger partial charge in [0.1, 0.15) is 11.5 Å². The zero-order valence-electron chi connectivity index (χ0n) is 12.6. The molecule has 0 saturated carbocycles. The molecule has 0 spiro atoms. The van der Waals surface area contributed by atoms with Crippen molar-refractivity contribution in [1.82, 2.24) is 0 Å². The summed E-state index contributed by atoms with van der Waals surface area (Å²) >= 11 is 5.78. The first-order chi connectivity index (χ1) is 11.0. The Hall–Kier alpha value is -2.46. The first-order valence-corrected chi connectivity index (χ1v) is 7.78. The van der Waals surface area contributed by atoms with Gasteiger partial charge in [-0.25, -0.2) is 0 Å². The molecule has 1 aliphatic heterocycles. The fourth-order valence-electron chi connectivity index (χ4n) is 2.63. The van der Waals surface area contributed by atoms with Crippen LogP contribution in [0.3, 0.4) is 0 Å². The maximum atomic E-state index is 12.2. The van der Waals surface area contributed by atoms with Gasteiger partial charge in [0.2, 0.25) is 0 Å². The monoisotopic (exact) mass is 329 g/mol. The number of benzene rings is 2. The van der Waals surface area contributed by atoms with Gasteiger partial charge in [-0.15, -0.1) is 11.6 Å². The Morgan fingerprint density at radius 1 is 1.22 bits per heavy atom. The van der Waals surface area contributed by atoms with E-state index < -0.39 is 0 Å². The van der Waals surface area contributed by atoms with E-state index in [4.69, 9.17) is 11.6 Å². The number of hydrogen-bond acceptors (Lipinski definition) is 3. The molecule has 0 bridgehead atoms. The summed E-state index contributed by atoms with van der Waals surface area (Å²) in [7, 11) is 0. The van der Waals surface area contributed by atoms with E-state index in [1.165, 1.54) is 6.07 Å². The van der Waals surface area contributed by atoms with Crippen molar-refractivity contribution in [2.45, 2.75) is 13.3 Å². The number of nitrogens with one attached hydrogen (secondary N) is 1. The maximum Gasteiger partial charge on any atom is 0.256 e. The van der Waals surface area contributed by atoms with Crippen LogP contribution in [-0.4, -0.2) is 22.0 Å². The van der Waals surface area contributed by atoms with E-state index in [0.717, 1.165) is 23.2 Å². The lowest BCUT2D eigenvalue weighted by molar-refractivity contribution is -0.110. The molecule has 2 aromatic rings. The molecule has 4 nitrogen and oxygen atoms in total. The van der Waals surface area contributed by atoms with Crippen LogP contribution in [0.25, 0.3) is 11.6 Å². The van der Waals surface area contributed by atoms with Crippen molar-refractivity contribution in [2.75, 3.05) is 11.2 Å². The van der Waals surface area contributed by atoms with Crippen LogP contribution < -0.4 is 5.32 Å². The van der Waals surface area contributed by atoms with Crippen LogP contribution in [0.4, 0.5) is 5.69 Å². The highest BCUT2D eigenvalue weighted by Gasteiger charge is 2.24. The van der Waals surface area contributed by atoms with Crippen LogP contribution in [0.15, 0.2) is 30.3 Å². The number of fused-ring (bicyclic) bond motifs is 1. The quantitative estimate of drug-likeness (QED) is 0.594. The number of rotatable bonds is 3. The highest BCUT2D eigenvalue weighted by Crippen LogP contribution is 2.37. The minimum Gasteiger partial charge on any atom is -0.508 e. The van der Waals surface area contributed by atoms with Crippen LogP contribution >= 0.6 is 11.6 Å². The molecule has 0 fully saturated rings. The molecule has 3 rings (SSSR count). The first kappa shape index (κ1) is 15.4. The Labute approximate surface area is 139 Å². The topological polar surface area (TPSA) is 69.6 Å². The Kier molecular flexibility index (Phi) is 4.01. The van der Waals surface area contributed by atoms with Gasteiger partial charge in [-0.3, -0.25) is 4.79 Å². The van der Waals surface area contributed by atoms with Crippen LogP contribution in [0.5, 0.6) is 11.5 Å². The predicted molar refractivity (Wildman–Crippen MR) is 91.9 cm³/mol. The molecule has 0 aromatic heterocycles. The number of aromatic hydroxyl groups is 2. The van der Waals surface area contributed by atoms with Gasteiger partial charge in [0.15, 0.2) is 0 Å². The molecule has 0 radical (unpaired) electrons. The first-order valence-electron chi connectivity index (χ1n) is 7.25. The van der Waals surface area contributed by atoms with Gasteiger partial charge in [0.05, 0.1) is 0 Å². The second-order valence-corrected chi connectivity index (χ2v) is 5.86. The van der Waals surface area contributed by atoms with Crippen molar-refractivity contribution in [3.63, 3.8) is 0 Å². The molecule has 118 valence electrons. The largest absolute Gasteiger partial charge is 0.508 e. The van der Waals surface area contributed by atoms with E-state index in [2.05, 4.69) is 5.32 Å². The molecule has 0 aliphatic carbocycles. The van der Waals surface area contributed by atoms with E-state index in [9.17, 15) is 15.0 Å². The standard InChI is InChI=1S/C18H16ClNO3/c1-10-16(21)5-3-12(17(10)22)9-14-13-8-11(6-7-19)2-4-15(13)20-18(14)23/h2-5,8-9,21-22H,6-7H2,1H3,(H,20,23). The second kappa shape index (κ2) is 5.97. The SMILES string of the molecule is Cc1c(O)ccc(C=C2C(=O)Nc3ccc(CCCl)cc32)c1O. The summed E-state index contributed by atoms with van der Waals surface area (Å²) < 4.78 is 0. The van der Waals surface area contributed by atoms with Crippen molar-refractivity contribution in [2.24, 2.45) is 0 Å². The van der Waals surface area contributed by atoms with Crippen molar-refractivity contribution < 1.29 is 15.0 Å². The summed E-state index contributed by atoms with van der Waals surface area (Å²) in [4.78, 5) is 12.2. The average molecular weight is 330 g/mol. The summed E-state index contributed by atoms with van der Waals surface area (Å²) in [6, 6.07) is 8.81. The van der Waals surface area contributed by atoms with Crippen LogP contribution in [-0.2, 0) is 11.2 Å². The summed E-state index contributed by atoms with van der Waals surface area (Å²) in [6.07, 6.45) is 2.35. The maximum absolute atomic E-state index is 12.2. The lowest BCUT2D eigenvalue weighted by Crippen LogP contribution is -2.03. The van der Waals surface area contributed by atoms with E-state index in [-0.39, 0.29) is 17.4 Å². The van der Waals surface area contributed by atoms with Gasteiger partial charge >= 0.3 is 0 Å². The van der Waals surface area contributed by atoms with E-state index in [1.54, 1.807) is 19.1 Å². The Morgan fingerprint density at radius 2 is 2.00 bits per heavy atom. The third kappa shape index (κ3) is 2.78. The molecule has 0 unspecified atom stereocenters. The predicted octanol–water partition coefficient (Wildman–Crippen LogP) is 3.68. The number of phenolic OH excluding ortho intramolecular Hbond substituents is 2. The van der Waals surface area contributed by atoms with Gasteiger partial charge in [-0.2, -0.15) is 0 Å². The van der Waals surface area contributed by atoms with Gasteiger partial charge in [-0.1, -0.05) is 6.07 Å². The van der Waals surface area contributed by atoms with Crippen molar-refractivity contribution in [3.8, 4) is 11.5 Å². The number of anilines is 1. The fraction of sp³-hybridized carbons (Fsp3) is 0.167. The minimum atomic E-state index is -0.215. The molecule has 1 amide bonds. The van der Waals surface area contributed by atoms with E-state index >= 15 is 0 Å². The number of alkyl halides is 1. The summed E-state index contributed by atoms with van der Waals surface area (Å²) in [6.45, 7) is 1.62. The smallest absolute Gasteiger partial charge is 0.256 e. The zero-order valence-corrected chi connectivity index (χ0v) is 13.3. The zero-order chi connectivity index (χ0) is 16.6. The third-order valence-corrected chi connectivity index (χ3v) is 4.17. The molecule has 0 atom stereocenters. The lowest BCUT2D eigenvalue weighted by Gasteiger charge is -2.07. The molecular formula is C18H16ClNO3. The van der Waals surface area contributed by atoms with E-state index in [0.29, 0.717) is 22.6 Å². The summed E-state index contributed by atoms with van der Waals surface area (Å²) in [5, 5.41) is 22.6. The van der Waals surface area contributed by atoms with Gasteiger partial charge < -0.3 is 15.5 Å². The molecular weight excluding hydrogens is 314 g/mol. The molecule has 3 N–H and O–H groups in total. The molecule has 1 aliphatic rings. The summed E-state index contributed by atoms with van der Waals surface area (Å²) in [5.74, 6) is 0.283. The van der Waals surface area contributed by atoms with Crippen LogP contribution in [0.2, 0.25) is 0 Å². The Bertz CT molecular complexity index is 827. The molecule has 5 heteroatoms. The van der Waals surface area contributed by atoms with Gasteiger partial charge in [0, 0.05) is 33.8 Å². The lowest BCUT2D eigenvalue weighted by atomic mass is 9.99. The normalized spacial score (nSPS) is 14.9. The fourth-order valence-corrected chi connectivity index (χ4v) is 2.84. The van der Waals surface area contributed by atoms with E-state index in [1.807, 2.05) is 18.2 Å². The number of halogens is 1. The highest BCUT2D eigenvalue weighted by molar-refractivity contribution is 6.35. The minimum absolute atomic E-state index is 0.0188. The number of carbonyl (C=O) groups is 1. The van der Waals surface area contributed by atoms with Gasteiger partial charge in [-0.05, 0) is 49.2 Å². The molecule has 23 heavy (non-hydrogen) atoms. The number of aryl methyl sites for hydroxylation is 1. The Balaban J connectivity index is 2.09. The third-order valence-electron chi connectivity index (χ3n) is 3.98. The van der Waals surface area contributed by atoms with Crippen molar-refractivity contribution in [1.29, 1.82) is 0 Å². The second-order valence-electron chi connectivity index (χ2n) is 5.48. The van der Waals surface area contributed by atoms with Crippen LogP contribution in [0, 0.1) is 6.92 Å². The molecule has 0 saturated heterocycles. The number of carbonyl (C=O) groups excluding carboxylic acids is 1. The number of phenols is 2. The van der Waals surface area contributed by atoms with Crippen molar-refractivity contribution in [3.05, 3.63) is 52.6 Å².